The predicted octanol–water partition coefficient (Wildman–Crippen LogP) is 5.94. The Bertz CT molecular complexity index is 1230. The summed E-state index contributed by atoms with van der Waals surface area (Å²) in [4.78, 5) is 35.8. The van der Waals surface area contributed by atoms with E-state index in [0.717, 1.165) is 25.7 Å². The van der Waals surface area contributed by atoms with Crippen LogP contribution in [-0.4, -0.2) is 44.8 Å². The number of benzene rings is 2. The highest BCUT2D eigenvalue weighted by atomic mass is 16.6. The summed E-state index contributed by atoms with van der Waals surface area (Å²) in [6.45, 7) is 8.06. The second kappa shape index (κ2) is 17.9. The fraction of sp³-hybridized carbons (Fsp3) is 0.344. The molecule has 0 bridgehead atoms. The van der Waals surface area contributed by atoms with Gasteiger partial charge in [0.1, 0.15) is 5.75 Å². The van der Waals surface area contributed by atoms with Crippen molar-refractivity contribution >= 4 is 24.0 Å². The molecule has 0 aliphatic rings. The van der Waals surface area contributed by atoms with Crippen LogP contribution in [0.3, 0.4) is 0 Å². The van der Waals surface area contributed by atoms with Gasteiger partial charge >= 0.3 is 17.9 Å². The van der Waals surface area contributed by atoms with Crippen molar-refractivity contribution in [1.82, 2.24) is 0 Å². The summed E-state index contributed by atoms with van der Waals surface area (Å²) in [5, 5.41) is 0. The normalized spacial score (nSPS) is 10.3. The molecule has 0 heterocycles. The van der Waals surface area contributed by atoms with Crippen molar-refractivity contribution < 1.29 is 38.1 Å². The molecule has 2 rings (SSSR count). The minimum atomic E-state index is -0.544. The summed E-state index contributed by atoms with van der Waals surface area (Å²) in [5.74, 6) is 5.38. The molecule has 0 aliphatic heterocycles. The van der Waals surface area contributed by atoms with Crippen LogP contribution < -0.4 is 14.2 Å². The molecule has 2 aromatic rings. The van der Waals surface area contributed by atoms with Gasteiger partial charge in [0.2, 0.25) is 0 Å². The maximum Gasteiger partial charge on any atom is 0.343 e. The molecule has 2 aromatic carbocycles. The lowest BCUT2D eigenvalue weighted by Gasteiger charge is -2.11. The molecule has 0 unspecified atom stereocenters. The molecular weight excluding hydrogens is 512 g/mol. The summed E-state index contributed by atoms with van der Waals surface area (Å²) in [6, 6.07) is 11.6. The van der Waals surface area contributed by atoms with Crippen molar-refractivity contribution in [3.63, 3.8) is 0 Å². The molecule has 0 N–H and O–H groups in total. The molecule has 0 radical (unpaired) electrons. The van der Waals surface area contributed by atoms with Gasteiger partial charge in [0.25, 0.3) is 0 Å². The Hall–Kier alpha value is -4.51. The third-order valence-corrected chi connectivity index (χ3v) is 5.37. The second-order valence-electron chi connectivity index (χ2n) is 8.65. The molecule has 0 saturated carbocycles. The molecule has 0 saturated heterocycles. The quantitative estimate of drug-likeness (QED) is 0.0887. The van der Waals surface area contributed by atoms with Gasteiger partial charge in [-0.05, 0) is 80.6 Å². The monoisotopic (exact) mass is 548 g/mol. The van der Waals surface area contributed by atoms with Crippen molar-refractivity contribution in [3.05, 3.63) is 71.8 Å². The third-order valence-electron chi connectivity index (χ3n) is 5.37. The Morgan fingerprint density at radius 3 is 2.30 bits per heavy atom. The Balaban J connectivity index is 1.79. The summed E-state index contributed by atoms with van der Waals surface area (Å²) < 4.78 is 26.7. The maximum atomic E-state index is 12.7. The van der Waals surface area contributed by atoms with Crippen LogP contribution in [0, 0.1) is 11.8 Å². The number of esters is 3. The minimum Gasteiger partial charge on any atom is -0.494 e. The Kier molecular flexibility index (Phi) is 14.2. The Morgan fingerprint density at radius 1 is 0.900 bits per heavy atom. The van der Waals surface area contributed by atoms with Crippen molar-refractivity contribution in [1.29, 1.82) is 0 Å². The number of ether oxygens (including phenoxy) is 5. The van der Waals surface area contributed by atoms with E-state index in [1.165, 1.54) is 13.2 Å². The van der Waals surface area contributed by atoms with Crippen molar-refractivity contribution in [2.24, 2.45) is 0 Å². The van der Waals surface area contributed by atoms with Gasteiger partial charge in [0, 0.05) is 18.1 Å². The van der Waals surface area contributed by atoms with Crippen LogP contribution in [0.1, 0.15) is 61.9 Å². The highest BCUT2D eigenvalue weighted by Gasteiger charge is 2.13. The summed E-state index contributed by atoms with van der Waals surface area (Å²) in [5.41, 5.74) is 1.43. The lowest BCUT2D eigenvalue weighted by molar-refractivity contribution is -0.139. The van der Waals surface area contributed by atoms with Crippen LogP contribution in [0.15, 0.2) is 60.7 Å². The zero-order chi connectivity index (χ0) is 29.2. The van der Waals surface area contributed by atoms with Crippen LogP contribution in [0.2, 0.25) is 0 Å². The first kappa shape index (κ1) is 31.7. The number of carbonyl (C=O) groups is 3. The summed E-state index contributed by atoms with van der Waals surface area (Å²) >= 11 is 0. The molecule has 0 aromatic heterocycles. The molecular formula is C32H36O8. The van der Waals surface area contributed by atoms with E-state index in [9.17, 15) is 14.4 Å². The van der Waals surface area contributed by atoms with E-state index in [2.05, 4.69) is 18.4 Å². The first-order valence-electron chi connectivity index (χ1n) is 13.1. The largest absolute Gasteiger partial charge is 0.494 e. The van der Waals surface area contributed by atoms with E-state index >= 15 is 0 Å². The van der Waals surface area contributed by atoms with Gasteiger partial charge in [-0.3, -0.25) is 0 Å². The first-order valence-corrected chi connectivity index (χ1v) is 13.1. The summed E-state index contributed by atoms with van der Waals surface area (Å²) in [6.07, 6.45) is 7.10. The van der Waals surface area contributed by atoms with E-state index in [-0.39, 0.29) is 18.3 Å². The van der Waals surface area contributed by atoms with Crippen molar-refractivity contribution in [2.75, 3.05) is 26.9 Å². The first-order chi connectivity index (χ1) is 19.3. The van der Waals surface area contributed by atoms with Crippen molar-refractivity contribution in [3.8, 4) is 29.1 Å². The number of hydrogen-bond donors (Lipinski definition) is 0. The fourth-order valence-electron chi connectivity index (χ4n) is 3.25. The molecule has 8 nitrogen and oxygen atoms in total. The van der Waals surface area contributed by atoms with Gasteiger partial charge in [0.05, 0.1) is 25.9 Å². The molecule has 0 amide bonds. The highest BCUT2D eigenvalue weighted by Crippen LogP contribution is 2.29. The van der Waals surface area contributed by atoms with Crippen LogP contribution in [-0.2, 0) is 19.1 Å². The molecule has 8 heteroatoms. The van der Waals surface area contributed by atoms with Crippen LogP contribution in [0.4, 0.5) is 0 Å². The number of carbonyl (C=O) groups excluding carboxylic acids is 3. The van der Waals surface area contributed by atoms with Crippen LogP contribution >= 0.6 is 0 Å². The Labute approximate surface area is 235 Å². The van der Waals surface area contributed by atoms with E-state index in [1.807, 2.05) is 6.92 Å². The van der Waals surface area contributed by atoms with E-state index in [0.29, 0.717) is 47.8 Å². The van der Waals surface area contributed by atoms with Gasteiger partial charge in [-0.2, -0.15) is 0 Å². The summed E-state index contributed by atoms with van der Waals surface area (Å²) in [7, 11) is 1.46. The average Bonchev–Trinajstić information content (AvgIpc) is 2.96. The number of rotatable bonds is 15. The number of hydrogen-bond acceptors (Lipinski definition) is 8. The topological polar surface area (TPSA) is 97.4 Å². The van der Waals surface area contributed by atoms with Gasteiger partial charge in [-0.1, -0.05) is 25.5 Å². The van der Waals surface area contributed by atoms with Gasteiger partial charge in [-0.15, -0.1) is 5.92 Å². The van der Waals surface area contributed by atoms with Crippen molar-refractivity contribution in [2.45, 2.75) is 46.0 Å². The van der Waals surface area contributed by atoms with Gasteiger partial charge < -0.3 is 23.7 Å². The van der Waals surface area contributed by atoms with E-state index in [1.54, 1.807) is 55.5 Å². The second-order valence-corrected chi connectivity index (χ2v) is 8.65. The average molecular weight is 549 g/mol. The number of unbranched alkanes of at least 4 members (excludes halogenated alkanes) is 3. The molecule has 0 fully saturated rings. The third kappa shape index (κ3) is 11.9. The molecule has 212 valence electrons. The van der Waals surface area contributed by atoms with Gasteiger partial charge in [-0.25, -0.2) is 14.4 Å². The lowest BCUT2D eigenvalue weighted by Crippen LogP contribution is -2.09. The lowest BCUT2D eigenvalue weighted by atomic mass is 10.2. The maximum absolute atomic E-state index is 12.7. The molecule has 0 atom stereocenters. The predicted molar refractivity (Wildman–Crippen MR) is 152 cm³/mol. The Morgan fingerprint density at radius 2 is 1.62 bits per heavy atom. The molecule has 0 aliphatic carbocycles. The van der Waals surface area contributed by atoms with E-state index in [4.69, 9.17) is 23.7 Å². The van der Waals surface area contributed by atoms with Gasteiger partial charge in [0.15, 0.2) is 18.1 Å². The molecule has 40 heavy (non-hydrogen) atoms. The standard InChI is InChI=1S/C32H36O8/c1-5-6-9-21-38-30(33)19-13-25-12-18-28(29(23-25)36-4)40-32(35)26-14-16-27(17-15-26)37-20-10-7-8-11-22-39-31(34)24(2)3/h12-19,23H,2,5,7-8,10-11,20-22H2,1,3-4H3. The van der Waals surface area contributed by atoms with Crippen LogP contribution in [0.25, 0.3) is 6.08 Å². The number of methoxy groups -OCH3 is 1. The fourth-order valence-corrected chi connectivity index (χ4v) is 3.25. The molecule has 0 spiro atoms. The zero-order valence-electron chi connectivity index (χ0n) is 23.3. The minimum absolute atomic E-state index is 0.0418. The van der Waals surface area contributed by atoms with Crippen LogP contribution in [0.5, 0.6) is 17.2 Å². The zero-order valence-corrected chi connectivity index (χ0v) is 23.3. The van der Waals surface area contributed by atoms with E-state index < -0.39 is 11.9 Å². The SMILES string of the molecule is C=C(C)C(=O)OCCCCCCOc1ccc(C(=O)Oc2ccc(C=CC(=O)OCC#CCC)cc2OC)cc1. The smallest absolute Gasteiger partial charge is 0.343 e. The highest BCUT2D eigenvalue weighted by molar-refractivity contribution is 5.91.